The monoisotopic (exact) mass is 364 g/mol. The maximum atomic E-state index is 12.1. The van der Waals surface area contributed by atoms with Crippen LogP contribution in [-0.2, 0) is 4.74 Å². The van der Waals surface area contributed by atoms with Gasteiger partial charge in [0.25, 0.3) is 5.69 Å². The molecule has 2 amide bonds. The summed E-state index contributed by atoms with van der Waals surface area (Å²) in [6.45, 7) is 7.02. The highest BCUT2D eigenvalue weighted by molar-refractivity contribution is 5.94. The second-order valence-corrected chi connectivity index (χ2v) is 7.32. The Bertz CT molecular complexity index is 714. The van der Waals surface area contributed by atoms with Crippen LogP contribution in [0.25, 0.3) is 0 Å². The fourth-order valence-corrected chi connectivity index (χ4v) is 2.73. The minimum Gasteiger partial charge on any atom is -0.444 e. The first-order valence-corrected chi connectivity index (χ1v) is 8.37. The first-order valence-electron chi connectivity index (χ1n) is 8.37. The highest BCUT2D eigenvalue weighted by atomic mass is 16.6. The maximum Gasteiger partial charge on any atom is 0.410 e. The van der Waals surface area contributed by atoms with E-state index in [-0.39, 0.29) is 23.3 Å². The van der Waals surface area contributed by atoms with Gasteiger partial charge in [0.05, 0.1) is 4.92 Å². The third-order valence-electron chi connectivity index (χ3n) is 4.00. The molecule has 1 saturated heterocycles. The van der Waals surface area contributed by atoms with Crippen molar-refractivity contribution >= 4 is 23.4 Å². The molecule has 1 atom stereocenters. The molecule has 0 bridgehead atoms. The van der Waals surface area contributed by atoms with Gasteiger partial charge in [0, 0.05) is 31.3 Å². The van der Waals surface area contributed by atoms with Crippen molar-refractivity contribution in [1.29, 1.82) is 0 Å². The summed E-state index contributed by atoms with van der Waals surface area (Å²) in [6.07, 6.45) is 0.427. The van der Waals surface area contributed by atoms with E-state index >= 15 is 0 Å². The van der Waals surface area contributed by atoms with E-state index in [9.17, 15) is 19.7 Å². The Balaban J connectivity index is 1.96. The Morgan fingerprint density at radius 2 is 2.12 bits per heavy atom. The van der Waals surface area contributed by atoms with Crippen LogP contribution in [0.1, 0.15) is 37.6 Å². The van der Waals surface area contributed by atoms with Gasteiger partial charge in [0.15, 0.2) is 0 Å². The average Bonchev–Trinajstić information content (AvgIpc) is 3.00. The number of carbonyl (C=O) groups excluding carboxylic acids is 2. The summed E-state index contributed by atoms with van der Waals surface area (Å²) in [5.41, 5.74) is 4.81. The lowest BCUT2D eigenvalue weighted by molar-refractivity contribution is -0.384. The van der Waals surface area contributed by atoms with E-state index in [1.807, 2.05) is 20.8 Å². The Labute approximate surface area is 151 Å². The van der Waals surface area contributed by atoms with E-state index in [1.165, 1.54) is 12.1 Å². The molecule has 1 fully saturated rings. The zero-order chi connectivity index (χ0) is 19.5. The number of amides is 2. The third kappa shape index (κ3) is 5.08. The maximum absolute atomic E-state index is 12.1. The summed E-state index contributed by atoms with van der Waals surface area (Å²) >= 11 is 0. The van der Waals surface area contributed by atoms with Gasteiger partial charge in [-0.1, -0.05) is 0 Å². The van der Waals surface area contributed by atoms with Gasteiger partial charge in [-0.15, -0.1) is 0 Å². The first-order chi connectivity index (χ1) is 12.1. The lowest BCUT2D eigenvalue weighted by atomic mass is 10.1. The molecule has 1 aromatic rings. The molecule has 2 rings (SSSR count). The Morgan fingerprint density at radius 3 is 2.69 bits per heavy atom. The minimum absolute atomic E-state index is 0.0826. The van der Waals surface area contributed by atoms with Crippen LogP contribution < -0.4 is 11.1 Å². The number of rotatable bonds is 5. The lowest BCUT2D eigenvalue weighted by Gasteiger charge is -2.24. The summed E-state index contributed by atoms with van der Waals surface area (Å²) in [7, 11) is 0. The molecule has 26 heavy (non-hydrogen) atoms. The van der Waals surface area contributed by atoms with Crippen molar-refractivity contribution in [3.8, 4) is 0 Å². The van der Waals surface area contributed by atoms with Crippen molar-refractivity contribution in [1.82, 2.24) is 4.90 Å². The fraction of sp³-hybridized carbons (Fsp3) is 0.529. The first kappa shape index (κ1) is 19.5. The van der Waals surface area contributed by atoms with Gasteiger partial charge in [-0.2, -0.15) is 0 Å². The van der Waals surface area contributed by atoms with Crippen molar-refractivity contribution in [2.75, 3.05) is 25.0 Å². The second-order valence-electron chi connectivity index (χ2n) is 7.32. The smallest absolute Gasteiger partial charge is 0.410 e. The molecule has 9 heteroatoms. The minimum atomic E-state index is -0.719. The van der Waals surface area contributed by atoms with Gasteiger partial charge < -0.3 is 20.7 Å². The van der Waals surface area contributed by atoms with Crippen LogP contribution in [0.15, 0.2) is 18.2 Å². The third-order valence-corrected chi connectivity index (χ3v) is 4.00. The molecule has 1 aliphatic rings. The predicted octanol–water partition coefficient (Wildman–Crippen LogP) is 2.36. The van der Waals surface area contributed by atoms with Gasteiger partial charge >= 0.3 is 6.09 Å². The van der Waals surface area contributed by atoms with E-state index in [1.54, 1.807) is 4.90 Å². The zero-order valence-corrected chi connectivity index (χ0v) is 15.2. The quantitative estimate of drug-likeness (QED) is 0.610. The number of nitrogens with two attached hydrogens (primary N) is 1. The van der Waals surface area contributed by atoms with Crippen LogP contribution in [0.3, 0.4) is 0 Å². The summed E-state index contributed by atoms with van der Waals surface area (Å²) in [5.74, 6) is -0.568. The highest BCUT2D eigenvalue weighted by Gasteiger charge is 2.30. The normalized spacial score (nSPS) is 17.0. The summed E-state index contributed by atoms with van der Waals surface area (Å²) in [5, 5.41) is 14.2. The standard InChI is InChI=1S/C17H24N4O5/c1-17(2,3)26-16(23)20-7-6-11(10-20)9-19-13-5-4-12(15(18)22)8-14(13)21(24)25/h4-5,8,11,19H,6-7,9-10H2,1-3H3,(H2,18,22)/t11-/m1/s1. The van der Waals surface area contributed by atoms with Crippen molar-refractivity contribution < 1.29 is 19.2 Å². The molecule has 142 valence electrons. The second kappa shape index (κ2) is 7.59. The molecular formula is C17H24N4O5. The molecule has 0 aliphatic carbocycles. The van der Waals surface area contributed by atoms with E-state index in [2.05, 4.69) is 5.32 Å². The number of nitro groups is 1. The number of ether oxygens (including phenoxy) is 1. The molecule has 0 saturated carbocycles. The Morgan fingerprint density at radius 1 is 1.42 bits per heavy atom. The number of hydrogen-bond acceptors (Lipinski definition) is 6. The number of nitrogens with zero attached hydrogens (tertiary/aromatic N) is 2. The summed E-state index contributed by atoms with van der Waals surface area (Å²) < 4.78 is 5.35. The number of hydrogen-bond donors (Lipinski definition) is 2. The topological polar surface area (TPSA) is 128 Å². The van der Waals surface area contributed by atoms with Crippen molar-refractivity contribution in [2.24, 2.45) is 11.7 Å². The average molecular weight is 364 g/mol. The molecule has 1 aromatic carbocycles. The van der Waals surface area contributed by atoms with E-state index in [0.717, 1.165) is 12.5 Å². The molecule has 1 heterocycles. The van der Waals surface area contributed by atoms with Crippen molar-refractivity contribution in [2.45, 2.75) is 32.8 Å². The predicted molar refractivity (Wildman–Crippen MR) is 96.0 cm³/mol. The number of nitro benzene ring substituents is 1. The van der Waals surface area contributed by atoms with E-state index < -0.39 is 16.4 Å². The van der Waals surface area contributed by atoms with Crippen LogP contribution in [0.5, 0.6) is 0 Å². The molecule has 0 spiro atoms. The molecule has 3 N–H and O–H groups in total. The van der Waals surface area contributed by atoms with Crippen LogP contribution >= 0.6 is 0 Å². The van der Waals surface area contributed by atoms with Crippen LogP contribution in [0.4, 0.5) is 16.2 Å². The van der Waals surface area contributed by atoms with Crippen LogP contribution in [0.2, 0.25) is 0 Å². The number of likely N-dealkylation sites (tertiary alicyclic amines) is 1. The van der Waals surface area contributed by atoms with Crippen molar-refractivity contribution in [3.63, 3.8) is 0 Å². The van der Waals surface area contributed by atoms with Gasteiger partial charge in [-0.25, -0.2) is 4.79 Å². The Kier molecular flexibility index (Phi) is 5.69. The number of anilines is 1. The molecule has 0 unspecified atom stereocenters. The largest absolute Gasteiger partial charge is 0.444 e. The van der Waals surface area contributed by atoms with E-state index in [0.29, 0.717) is 25.3 Å². The number of nitrogens with one attached hydrogen (secondary N) is 1. The molecule has 1 aliphatic heterocycles. The van der Waals surface area contributed by atoms with Crippen LogP contribution in [0, 0.1) is 16.0 Å². The fourth-order valence-electron chi connectivity index (χ4n) is 2.73. The number of carbonyl (C=O) groups is 2. The summed E-state index contributed by atoms with van der Waals surface area (Å²) in [6, 6.07) is 4.07. The molecule has 0 radical (unpaired) electrons. The SMILES string of the molecule is CC(C)(C)OC(=O)N1CC[C@H](CNc2ccc(C(N)=O)cc2[N+](=O)[O-])C1. The number of benzene rings is 1. The molecule has 0 aromatic heterocycles. The highest BCUT2D eigenvalue weighted by Crippen LogP contribution is 2.27. The summed E-state index contributed by atoms with van der Waals surface area (Å²) in [4.78, 5) is 35.6. The zero-order valence-electron chi connectivity index (χ0n) is 15.2. The van der Waals surface area contributed by atoms with Gasteiger partial charge in [0.2, 0.25) is 5.91 Å². The Hall–Kier alpha value is -2.84. The van der Waals surface area contributed by atoms with Crippen LogP contribution in [-0.4, -0.2) is 47.1 Å². The van der Waals surface area contributed by atoms with Gasteiger partial charge in [-0.3, -0.25) is 14.9 Å². The van der Waals surface area contributed by atoms with Gasteiger partial charge in [0.1, 0.15) is 11.3 Å². The number of primary amides is 1. The van der Waals surface area contributed by atoms with E-state index in [4.69, 9.17) is 10.5 Å². The van der Waals surface area contributed by atoms with Gasteiger partial charge in [-0.05, 0) is 45.2 Å². The molecular weight excluding hydrogens is 340 g/mol. The van der Waals surface area contributed by atoms with Crippen molar-refractivity contribution in [3.05, 3.63) is 33.9 Å². The molecule has 9 nitrogen and oxygen atoms in total. The lowest BCUT2D eigenvalue weighted by Crippen LogP contribution is -2.35.